The largest absolute Gasteiger partial charge is 0.298 e. The molecule has 20 heavy (non-hydrogen) atoms. The second-order valence-electron chi connectivity index (χ2n) is 4.39. The lowest BCUT2D eigenvalue weighted by molar-refractivity contribution is 0.112. The molecule has 0 bridgehead atoms. The van der Waals surface area contributed by atoms with Crippen molar-refractivity contribution >= 4 is 6.29 Å². The van der Waals surface area contributed by atoms with E-state index in [1.165, 1.54) is 0 Å². The average molecular weight is 260 g/mol. The fourth-order valence-corrected chi connectivity index (χ4v) is 1.98. The van der Waals surface area contributed by atoms with Crippen molar-refractivity contribution in [1.82, 2.24) is 9.97 Å². The summed E-state index contributed by atoms with van der Waals surface area (Å²) in [5.74, 6) is 0. The Morgan fingerprint density at radius 3 is 2.10 bits per heavy atom. The van der Waals surface area contributed by atoms with Gasteiger partial charge in [0.1, 0.15) is 6.29 Å². The Bertz CT molecular complexity index is 704. The van der Waals surface area contributed by atoms with Gasteiger partial charge in [0.15, 0.2) is 0 Å². The summed E-state index contributed by atoms with van der Waals surface area (Å²) in [6.07, 6.45) is 4.41. The van der Waals surface area contributed by atoms with E-state index in [2.05, 4.69) is 9.97 Å². The van der Waals surface area contributed by atoms with Crippen LogP contribution >= 0.6 is 0 Å². The molecule has 0 saturated carbocycles. The van der Waals surface area contributed by atoms with Crippen molar-refractivity contribution < 1.29 is 4.79 Å². The number of pyridine rings is 2. The van der Waals surface area contributed by atoms with E-state index in [9.17, 15) is 4.79 Å². The molecule has 0 N–H and O–H groups in total. The molecule has 0 amide bonds. The zero-order valence-electron chi connectivity index (χ0n) is 10.7. The first-order valence-corrected chi connectivity index (χ1v) is 6.30. The molecule has 3 rings (SSSR count). The maximum Gasteiger partial charge on any atom is 0.150 e. The van der Waals surface area contributed by atoms with Crippen molar-refractivity contribution in [1.29, 1.82) is 0 Å². The quantitative estimate of drug-likeness (QED) is 0.675. The van der Waals surface area contributed by atoms with Gasteiger partial charge in [0.25, 0.3) is 0 Å². The molecular weight excluding hydrogens is 248 g/mol. The van der Waals surface area contributed by atoms with Gasteiger partial charge < -0.3 is 0 Å². The summed E-state index contributed by atoms with van der Waals surface area (Å²) in [6.45, 7) is 0. The molecule has 3 heteroatoms. The topological polar surface area (TPSA) is 42.9 Å². The number of aromatic nitrogens is 2. The van der Waals surface area contributed by atoms with E-state index < -0.39 is 0 Å². The SMILES string of the molecule is O=Cc1ccc(-c2ccc(-c3ccccn3)nc2)cc1. The molecule has 0 atom stereocenters. The van der Waals surface area contributed by atoms with Crippen LogP contribution in [0, 0.1) is 0 Å². The lowest BCUT2D eigenvalue weighted by Crippen LogP contribution is -1.87. The molecule has 0 aliphatic heterocycles. The van der Waals surface area contributed by atoms with Crippen LogP contribution in [0.2, 0.25) is 0 Å². The highest BCUT2D eigenvalue weighted by Crippen LogP contribution is 2.21. The molecule has 0 aliphatic rings. The maximum atomic E-state index is 10.6. The van der Waals surface area contributed by atoms with Gasteiger partial charge >= 0.3 is 0 Å². The van der Waals surface area contributed by atoms with E-state index in [0.29, 0.717) is 5.56 Å². The second-order valence-corrected chi connectivity index (χ2v) is 4.39. The first-order chi connectivity index (χ1) is 9.86. The maximum absolute atomic E-state index is 10.6. The van der Waals surface area contributed by atoms with Gasteiger partial charge in [-0.2, -0.15) is 0 Å². The summed E-state index contributed by atoms with van der Waals surface area (Å²) in [4.78, 5) is 19.3. The minimum Gasteiger partial charge on any atom is -0.298 e. The Labute approximate surface area is 117 Å². The van der Waals surface area contributed by atoms with Crippen LogP contribution in [0.5, 0.6) is 0 Å². The zero-order chi connectivity index (χ0) is 13.8. The van der Waals surface area contributed by atoms with Crippen LogP contribution < -0.4 is 0 Å². The number of nitrogens with zero attached hydrogens (tertiary/aromatic N) is 2. The van der Waals surface area contributed by atoms with E-state index in [0.717, 1.165) is 28.8 Å². The van der Waals surface area contributed by atoms with E-state index in [1.807, 2.05) is 48.7 Å². The Kier molecular flexibility index (Phi) is 3.33. The van der Waals surface area contributed by atoms with Gasteiger partial charge in [-0.05, 0) is 23.8 Å². The summed E-state index contributed by atoms with van der Waals surface area (Å²) >= 11 is 0. The molecular formula is C17H12N2O. The Hall–Kier alpha value is -2.81. The summed E-state index contributed by atoms with van der Waals surface area (Å²) in [6, 6.07) is 17.1. The third-order valence-electron chi connectivity index (χ3n) is 3.07. The summed E-state index contributed by atoms with van der Waals surface area (Å²) < 4.78 is 0. The van der Waals surface area contributed by atoms with Crippen molar-refractivity contribution in [3.8, 4) is 22.5 Å². The van der Waals surface area contributed by atoms with Crippen LogP contribution in [0.25, 0.3) is 22.5 Å². The van der Waals surface area contributed by atoms with Crippen molar-refractivity contribution in [2.45, 2.75) is 0 Å². The van der Waals surface area contributed by atoms with Gasteiger partial charge in [0.2, 0.25) is 0 Å². The van der Waals surface area contributed by atoms with Gasteiger partial charge in [-0.3, -0.25) is 14.8 Å². The van der Waals surface area contributed by atoms with Crippen LogP contribution in [-0.4, -0.2) is 16.3 Å². The fraction of sp³-hybridized carbons (Fsp3) is 0. The molecule has 0 aliphatic carbocycles. The predicted molar refractivity (Wildman–Crippen MR) is 78.3 cm³/mol. The van der Waals surface area contributed by atoms with Crippen molar-refractivity contribution in [3.05, 3.63) is 72.6 Å². The van der Waals surface area contributed by atoms with Crippen LogP contribution in [0.1, 0.15) is 10.4 Å². The average Bonchev–Trinajstić information content (AvgIpc) is 2.56. The molecule has 1 aromatic carbocycles. The van der Waals surface area contributed by atoms with Crippen LogP contribution in [0.15, 0.2) is 67.0 Å². The van der Waals surface area contributed by atoms with E-state index >= 15 is 0 Å². The number of benzene rings is 1. The highest BCUT2D eigenvalue weighted by Gasteiger charge is 2.02. The number of carbonyl (C=O) groups is 1. The predicted octanol–water partition coefficient (Wildman–Crippen LogP) is 3.62. The molecule has 2 heterocycles. The number of carbonyl (C=O) groups excluding carboxylic acids is 1. The zero-order valence-corrected chi connectivity index (χ0v) is 10.7. The molecule has 0 fully saturated rings. The number of aldehydes is 1. The molecule has 96 valence electrons. The molecule has 0 radical (unpaired) electrons. The number of hydrogen-bond acceptors (Lipinski definition) is 3. The lowest BCUT2D eigenvalue weighted by atomic mass is 10.1. The summed E-state index contributed by atoms with van der Waals surface area (Å²) in [5, 5.41) is 0. The first-order valence-electron chi connectivity index (χ1n) is 6.30. The minimum absolute atomic E-state index is 0.673. The van der Waals surface area contributed by atoms with Gasteiger partial charge in [-0.15, -0.1) is 0 Å². The minimum atomic E-state index is 0.673. The molecule has 0 saturated heterocycles. The third-order valence-corrected chi connectivity index (χ3v) is 3.07. The highest BCUT2D eigenvalue weighted by molar-refractivity contribution is 5.77. The molecule has 0 unspecified atom stereocenters. The monoisotopic (exact) mass is 260 g/mol. The second kappa shape index (κ2) is 5.45. The lowest BCUT2D eigenvalue weighted by Gasteiger charge is -2.03. The van der Waals surface area contributed by atoms with Crippen LogP contribution in [0.4, 0.5) is 0 Å². The van der Waals surface area contributed by atoms with Gasteiger partial charge in [-0.1, -0.05) is 36.4 Å². The fourth-order valence-electron chi connectivity index (χ4n) is 1.98. The van der Waals surface area contributed by atoms with Gasteiger partial charge in [0, 0.05) is 23.5 Å². The van der Waals surface area contributed by atoms with E-state index in [-0.39, 0.29) is 0 Å². The van der Waals surface area contributed by atoms with Gasteiger partial charge in [-0.25, -0.2) is 0 Å². The van der Waals surface area contributed by atoms with Crippen molar-refractivity contribution in [3.63, 3.8) is 0 Å². The molecule has 3 nitrogen and oxygen atoms in total. The molecule has 0 spiro atoms. The Morgan fingerprint density at radius 2 is 1.50 bits per heavy atom. The van der Waals surface area contributed by atoms with Gasteiger partial charge in [0.05, 0.1) is 11.4 Å². The normalized spacial score (nSPS) is 10.2. The summed E-state index contributed by atoms with van der Waals surface area (Å²) in [7, 11) is 0. The standard InChI is InChI=1S/C17H12N2O/c20-12-13-4-6-14(7-5-13)15-8-9-17(19-11-15)16-3-1-2-10-18-16/h1-12H. The highest BCUT2D eigenvalue weighted by atomic mass is 16.1. The molecule has 3 aromatic rings. The van der Waals surface area contributed by atoms with E-state index in [4.69, 9.17) is 0 Å². The number of hydrogen-bond donors (Lipinski definition) is 0. The van der Waals surface area contributed by atoms with Crippen LogP contribution in [0.3, 0.4) is 0 Å². The van der Waals surface area contributed by atoms with Crippen molar-refractivity contribution in [2.75, 3.05) is 0 Å². The van der Waals surface area contributed by atoms with Crippen LogP contribution in [-0.2, 0) is 0 Å². The van der Waals surface area contributed by atoms with E-state index in [1.54, 1.807) is 18.3 Å². The first kappa shape index (κ1) is 12.2. The Balaban J connectivity index is 1.91. The third kappa shape index (κ3) is 2.47. The summed E-state index contributed by atoms with van der Waals surface area (Å²) in [5.41, 5.74) is 4.43. The Morgan fingerprint density at radius 1 is 0.750 bits per heavy atom. The smallest absolute Gasteiger partial charge is 0.150 e. The number of rotatable bonds is 3. The van der Waals surface area contributed by atoms with Crippen molar-refractivity contribution in [2.24, 2.45) is 0 Å². The molecule has 2 aromatic heterocycles.